The first-order chi connectivity index (χ1) is 10.1. The lowest BCUT2D eigenvalue weighted by atomic mass is 10.3. The van der Waals surface area contributed by atoms with Crippen molar-refractivity contribution < 1.29 is 0 Å². The molecule has 0 unspecified atom stereocenters. The maximum absolute atomic E-state index is 6.15. The third kappa shape index (κ3) is 4.22. The molecule has 0 saturated heterocycles. The molecule has 21 heavy (non-hydrogen) atoms. The van der Waals surface area contributed by atoms with E-state index >= 15 is 0 Å². The molecule has 6 heteroatoms. The molecule has 0 radical (unpaired) electrons. The molecule has 0 aliphatic rings. The van der Waals surface area contributed by atoms with Gasteiger partial charge in [0, 0.05) is 19.8 Å². The average molecular weight is 325 g/mol. The highest BCUT2D eigenvalue weighted by molar-refractivity contribution is 6.43. The van der Waals surface area contributed by atoms with Gasteiger partial charge in [0.1, 0.15) is 5.82 Å². The fraction of sp³-hybridized carbons (Fsp3) is 0.333. The summed E-state index contributed by atoms with van der Waals surface area (Å²) in [4.78, 5) is 10.8. The molecule has 0 saturated carbocycles. The first-order valence-electron chi connectivity index (χ1n) is 6.87. The number of aromatic nitrogens is 2. The van der Waals surface area contributed by atoms with Crippen molar-refractivity contribution in [1.29, 1.82) is 0 Å². The zero-order valence-electron chi connectivity index (χ0n) is 12.1. The van der Waals surface area contributed by atoms with Crippen LogP contribution in [0.4, 0.5) is 17.5 Å². The smallest absolute Gasteiger partial charge is 0.229 e. The van der Waals surface area contributed by atoms with Gasteiger partial charge in [-0.25, -0.2) is 4.98 Å². The van der Waals surface area contributed by atoms with Gasteiger partial charge in [-0.2, -0.15) is 4.98 Å². The Morgan fingerprint density at radius 3 is 2.81 bits per heavy atom. The molecule has 0 spiro atoms. The topological polar surface area (TPSA) is 41.1 Å². The lowest BCUT2D eigenvalue weighted by molar-refractivity contribution is 0.759. The van der Waals surface area contributed by atoms with Crippen LogP contribution in [0, 0.1) is 0 Å². The maximum Gasteiger partial charge on any atom is 0.229 e. The van der Waals surface area contributed by atoms with Crippen molar-refractivity contribution in [2.75, 3.05) is 23.8 Å². The van der Waals surface area contributed by atoms with Crippen molar-refractivity contribution in [3.8, 4) is 0 Å². The summed E-state index contributed by atoms with van der Waals surface area (Å²) >= 11 is 12.2. The van der Waals surface area contributed by atoms with Crippen molar-refractivity contribution in [3.63, 3.8) is 0 Å². The molecule has 0 aliphatic heterocycles. The molecule has 0 fully saturated rings. The second kappa shape index (κ2) is 7.48. The van der Waals surface area contributed by atoms with Crippen LogP contribution in [0.5, 0.6) is 0 Å². The summed E-state index contributed by atoms with van der Waals surface area (Å²) in [6.07, 6.45) is 4.01. The normalized spacial score (nSPS) is 10.5. The second-order valence-corrected chi connectivity index (χ2v) is 5.53. The molecule has 0 amide bonds. The Kier molecular flexibility index (Phi) is 5.65. The highest BCUT2D eigenvalue weighted by Gasteiger charge is 2.08. The zero-order valence-corrected chi connectivity index (χ0v) is 13.6. The lowest BCUT2D eigenvalue weighted by Gasteiger charge is -2.18. The monoisotopic (exact) mass is 324 g/mol. The molecule has 0 aliphatic carbocycles. The van der Waals surface area contributed by atoms with Gasteiger partial charge < -0.3 is 10.2 Å². The van der Waals surface area contributed by atoms with Crippen molar-refractivity contribution in [1.82, 2.24) is 9.97 Å². The Morgan fingerprint density at radius 2 is 2.05 bits per heavy atom. The Balaban J connectivity index is 2.16. The molecule has 4 nitrogen and oxygen atoms in total. The van der Waals surface area contributed by atoms with Crippen LogP contribution in [0.3, 0.4) is 0 Å². The van der Waals surface area contributed by atoms with Crippen molar-refractivity contribution in [2.24, 2.45) is 0 Å². The number of benzene rings is 1. The van der Waals surface area contributed by atoms with Crippen LogP contribution in [-0.2, 0) is 0 Å². The Labute approximate surface area is 135 Å². The van der Waals surface area contributed by atoms with Gasteiger partial charge in [0.05, 0.1) is 15.7 Å². The molecule has 2 rings (SSSR count). The average Bonchev–Trinajstić information content (AvgIpc) is 2.50. The highest BCUT2D eigenvalue weighted by Crippen LogP contribution is 2.31. The van der Waals surface area contributed by atoms with Crippen molar-refractivity contribution >= 4 is 40.7 Å². The van der Waals surface area contributed by atoms with Crippen LogP contribution < -0.4 is 10.2 Å². The maximum atomic E-state index is 6.15. The fourth-order valence-corrected chi connectivity index (χ4v) is 2.20. The predicted molar refractivity (Wildman–Crippen MR) is 90.0 cm³/mol. The highest BCUT2D eigenvalue weighted by atomic mass is 35.5. The number of nitrogens with zero attached hydrogens (tertiary/aromatic N) is 3. The Hall–Kier alpha value is -1.52. The number of hydrogen-bond donors (Lipinski definition) is 1. The summed E-state index contributed by atoms with van der Waals surface area (Å²) in [6.45, 7) is 3.13. The zero-order chi connectivity index (χ0) is 15.2. The largest absolute Gasteiger partial charge is 0.360 e. The third-order valence-electron chi connectivity index (χ3n) is 3.08. The number of hydrogen-bond acceptors (Lipinski definition) is 4. The molecule has 0 bridgehead atoms. The first kappa shape index (κ1) is 15.9. The van der Waals surface area contributed by atoms with Gasteiger partial charge in [-0.15, -0.1) is 0 Å². The summed E-state index contributed by atoms with van der Waals surface area (Å²) in [6, 6.07) is 7.30. The summed E-state index contributed by atoms with van der Waals surface area (Å²) in [7, 11) is 2.02. The molecule has 2 aromatic rings. The molecular formula is C15H18Cl2N4. The summed E-state index contributed by atoms with van der Waals surface area (Å²) in [5, 5.41) is 4.06. The Morgan fingerprint density at radius 1 is 1.24 bits per heavy atom. The standard InChI is InChI=1S/C15H18Cl2N4/c1-3-4-10-21(2)13-8-9-18-15(20-13)19-12-7-5-6-11(16)14(12)17/h5-9H,3-4,10H2,1-2H3,(H,18,19,20). The quantitative estimate of drug-likeness (QED) is 0.831. The van der Waals surface area contributed by atoms with Gasteiger partial charge in [-0.3, -0.25) is 0 Å². The summed E-state index contributed by atoms with van der Waals surface area (Å²) < 4.78 is 0. The van der Waals surface area contributed by atoms with Crippen LogP contribution in [0.1, 0.15) is 19.8 Å². The van der Waals surface area contributed by atoms with Gasteiger partial charge in [-0.1, -0.05) is 42.6 Å². The molecule has 0 atom stereocenters. The van der Waals surface area contributed by atoms with Gasteiger partial charge in [0.2, 0.25) is 5.95 Å². The van der Waals surface area contributed by atoms with Crippen LogP contribution in [0.15, 0.2) is 30.5 Å². The molecule has 1 N–H and O–H groups in total. The SMILES string of the molecule is CCCCN(C)c1ccnc(Nc2cccc(Cl)c2Cl)n1. The summed E-state index contributed by atoms with van der Waals surface area (Å²) in [5.74, 6) is 1.37. The van der Waals surface area contributed by atoms with E-state index in [-0.39, 0.29) is 0 Å². The molecule has 1 aromatic carbocycles. The third-order valence-corrected chi connectivity index (χ3v) is 3.90. The fourth-order valence-electron chi connectivity index (χ4n) is 1.85. The predicted octanol–water partition coefficient (Wildman–Crippen LogP) is 4.76. The van der Waals surface area contributed by atoms with E-state index < -0.39 is 0 Å². The van der Waals surface area contributed by atoms with E-state index in [9.17, 15) is 0 Å². The summed E-state index contributed by atoms with van der Waals surface area (Å²) in [5.41, 5.74) is 0.692. The van der Waals surface area contributed by atoms with Crippen LogP contribution >= 0.6 is 23.2 Å². The minimum atomic E-state index is 0.465. The van der Waals surface area contributed by atoms with Crippen molar-refractivity contribution in [3.05, 3.63) is 40.5 Å². The molecular weight excluding hydrogens is 307 g/mol. The van der Waals surface area contributed by atoms with Crippen LogP contribution in [0.2, 0.25) is 10.0 Å². The number of halogens is 2. The number of unbranched alkanes of at least 4 members (excludes halogenated alkanes) is 1. The van der Waals surface area contributed by atoms with Gasteiger partial charge in [-0.05, 0) is 24.6 Å². The van der Waals surface area contributed by atoms with Gasteiger partial charge >= 0.3 is 0 Å². The molecule has 1 aromatic heterocycles. The minimum absolute atomic E-state index is 0.465. The molecule has 112 valence electrons. The van der Waals surface area contributed by atoms with E-state index in [1.54, 1.807) is 12.3 Å². The molecule has 1 heterocycles. The van der Waals surface area contributed by atoms with Crippen LogP contribution in [0.25, 0.3) is 0 Å². The number of anilines is 3. The van der Waals surface area contributed by atoms with E-state index in [4.69, 9.17) is 23.2 Å². The minimum Gasteiger partial charge on any atom is -0.360 e. The van der Waals surface area contributed by atoms with Gasteiger partial charge in [0.25, 0.3) is 0 Å². The van der Waals surface area contributed by atoms with Gasteiger partial charge in [0.15, 0.2) is 0 Å². The first-order valence-corrected chi connectivity index (χ1v) is 7.62. The van der Waals surface area contributed by atoms with E-state index in [1.807, 2.05) is 25.2 Å². The lowest BCUT2D eigenvalue weighted by Crippen LogP contribution is -2.20. The van der Waals surface area contributed by atoms with Crippen molar-refractivity contribution in [2.45, 2.75) is 19.8 Å². The Bertz CT molecular complexity index is 604. The van der Waals surface area contributed by atoms with E-state index in [1.165, 1.54) is 0 Å². The second-order valence-electron chi connectivity index (χ2n) is 4.74. The number of rotatable bonds is 6. The van der Waals surface area contributed by atoms with E-state index in [0.717, 1.165) is 25.2 Å². The van der Waals surface area contributed by atoms with Crippen LogP contribution in [-0.4, -0.2) is 23.6 Å². The van der Waals surface area contributed by atoms with E-state index in [0.29, 0.717) is 21.7 Å². The number of nitrogens with one attached hydrogen (secondary N) is 1. The van der Waals surface area contributed by atoms with E-state index in [2.05, 4.69) is 27.1 Å².